The van der Waals surface area contributed by atoms with E-state index in [-0.39, 0.29) is 11.8 Å². The standard InChI is InChI=1S/C17H24N2O/c1-12(13-5-3-2-4-6-13)17(20)19-10-14-7-8-16(18)9-15(14)11-19/h2-6,12,14-16H,7-11,18H2,1H3/t12?,14-,15+,16?/m1/s1. The van der Waals surface area contributed by atoms with Gasteiger partial charge in [-0.2, -0.15) is 0 Å². The van der Waals surface area contributed by atoms with Gasteiger partial charge in [0.05, 0.1) is 5.92 Å². The second-order valence-corrected chi connectivity index (χ2v) is 6.47. The molecule has 3 rings (SSSR count). The van der Waals surface area contributed by atoms with Crippen molar-refractivity contribution in [3.8, 4) is 0 Å². The Kier molecular flexibility index (Phi) is 3.79. The molecule has 0 aromatic heterocycles. The first-order chi connectivity index (χ1) is 9.65. The molecule has 1 aliphatic heterocycles. The number of nitrogens with zero attached hydrogens (tertiary/aromatic N) is 1. The van der Waals surface area contributed by atoms with E-state index < -0.39 is 0 Å². The number of nitrogens with two attached hydrogens (primary N) is 1. The van der Waals surface area contributed by atoms with Gasteiger partial charge in [-0.25, -0.2) is 0 Å². The van der Waals surface area contributed by atoms with Crippen molar-refractivity contribution in [2.45, 2.75) is 38.1 Å². The zero-order chi connectivity index (χ0) is 14.1. The van der Waals surface area contributed by atoms with Crippen LogP contribution in [0, 0.1) is 11.8 Å². The molecule has 0 bridgehead atoms. The van der Waals surface area contributed by atoms with Crippen LogP contribution in [0.1, 0.15) is 37.7 Å². The van der Waals surface area contributed by atoms with Crippen molar-refractivity contribution >= 4 is 5.91 Å². The van der Waals surface area contributed by atoms with E-state index in [0.29, 0.717) is 17.9 Å². The molecule has 108 valence electrons. The molecule has 2 aliphatic rings. The molecular weight excluding hydrogens is 248 g/mol. The van der Waals surface area contributed by atoms with Gasteiger partial charge in [0, 0.05) is 19.1 Å². The van der Waals surface area contributed by atoms with Gasteiger partial charge in [-0.1, -0.05) is 30.3 Å². The third kappa shape index (κ3) is 2.59. The fourth-order valence-corrected chi connectivity index (χ4v) is 3.81. The molecule has 20 heavy (non-hydrogen) atoms. The van der Waals surface area contributed by atoms with Gasteiger partial charge in [-0.05, 0) is 43.6 Å². The fourth-order valence-electron chi connectivity index (χ4n) is 3.81. The third-order valence-electron chi connectivity index (χ3n) is 5.07. The number of hydrogen-bond donors (Lipinski definition) is 1. The summed E-state index contributed by atoms with van der Waals surface area (Å²) in [5.41, 5.74) is 7.17. The molecule has 1 amide bonds. The molecule has 3 heteroatoms. The number of rotatable bonds is 2. The van der Waals surface area contributed by atoms with E-state index in [4.69, 9.17) is 5.73 Å². The Bertz CT molecular complexity index is 473. The minimum Gasteiger partial charge on any atom is -0.342 e. The number of likely N-dealkylation sites (tertiary alicyclic amines) is 1. The summed E-state index contributed by atoms with van der Waals surface area (Å²) in [4.78, 5) is 14.7. The van der Waals surface area contributed by atoms with Crippen molar-refractivity contribution in [2.75, 3.05) is 13.1 Å². The zero-order valence-corrected chi connectivity index (χ0v) is 12.2. The Morgan fingerprint density at radius 2 is 1.90 bits per heavy atom. The van der Waals surface area contributed by atoms with E-state index in [1.165, 1.54) is 6.42 Å². The topological polar surface area (TPSA) is 46.3 Å². The van der Waals surface area contributed by atoms with Crippen LogP contribution in [-0.4, -0.2) is 29.9 Å². The average molecular weight is 272 g/mol. The predicted molar refractivity (Wildman–Crippen MR) is 80.2 cm³/mol. The maximum atomic E-state index is 12.7. The van der Waals surface area contributed by atoms with Crippen LogP contribution in [0.4, 0.5) is 0 Å². The molecule has 1 saturated carbocycles. The highest BCUT2D eigenvalue weighted by molar-refractivity contribution is 5.83. The van der Waals surface area contributed by atoms with Crippen LogP contribution >= 0.6 is 0 Å². The highest BCUT2D eigenvalue weighted by Gasteiger charge is 2.39. The normalized spacial score (nSPS) is 30.9. The van der Waals surface area contributed by atoms with Crippen molar-refractivity contribution in [2.24, 2.45) is 17.6 Å². The van der Waals surface area contributed by atoms with Gasteiger partial charge in [0.1, 0.15) is 0 Å². The van der Waals surface area contributed by atoms with Crippen molar-refractivity contribution in [3.63, 3.8) is 0 Å². The predicted octanol–water partition coefficient (Wildman–Crippen LogP) is 2.38. The molecule has 0 radical (unpaired) electrons. The lowest BCUT2D eigenvalue weighted by molar-refractivity contribution is -0.131. The van der Waals surface area contributed by atoms with Crippen molar-refractivity contribution in [1.82, 2.24) is 4.90 Å². The summed E-state index contributed by atoms with van der Waals surface area (Å²) in [6.07, 6.45) is 3.40. The van der Waals surface area contributed by atoms with Crippen LogP contribution in [0.2, 0.25) is 0 Å². The minimum atomic E-state index is -0.0370. The highest BCUT2D eigenvalue weighted by Crippen LogP contribution is 2.36. The van der Waals surface area contributed by atoms with E-state index >= 15 is 0 Å². The monoisotopic (exact) mass is 272 g/mol. The van der Waals surface area contributed by atoms with Crippen molar-refractivity contribution in [1.29, 1.82) is 0 Å². The SMILES string of the molecule is CC(C(=O)N1C[C@H]2CCC(N)C[C@H]2C1)c1ccccc1. The van der Waals surface area contributed by atoms with Gasteiger partial charge < -0.3 is 10.6 Å². The average Bonchev–Trinajstić information content (AvgIpc) is 2.89. The fraction of sp³-hybridized carbons (Fsp3) is 0.588. The molecular formula is C17H24N2O. The van der Waals surface area contributed by atoms with Gasteiger partial charge in [0.2, 0.25) is 5.91 Å². The van der Waals surface area contributed by atoms with Crippen LogP contribution in [0.5, 0.6) is 0 Å². The van der Waals surface area contributed by atoms with Crippen LogP contribution in [-0.2, 0) is 4.79 Å². The van der Waals surface area contributed by atoms with Crippen LogP contribution in [0.25, 0.3) is 0 Å². The van der Waals surface area contributed by atoms with E-state index in [0.717, 1.165) is 31.5 Å². The molecule has 1 aliphatic carbocycles. The first-order valence-electron chi connectivity index (χ1n) is 7.74. The van der Waals surface area contributed by atoms with E-state index in [9.17, 15) is 4.79 Å². The lowest BCUT2D eigenvalue weighted by Crippen LogP contribution is -2.33. The Morgan fingerprint density at radius 1 is 1.20 bits per heavy atom. The number of amides is 1. The number of hydrogen-bond acceptors (Lipinski definition) is 2. The molecule has 2 N–H and O–H groups in total. The summed E-state index contributed by atoms with van der Waals surface area (Å²) in [5.74, 6) is 1.55. The molecule has 1 aromatic carbocycles. The molecule has 1 saturated heterocycles. The minimum absolute atomic E-state index is 0.0370. The Hall–Kier alpha value is -1.35. The first-order valence-corrected chi connectivity index (χ1v) is 7.74. The Labute approximate surface area is 121 Å². The third-order valence-corrected chi connectivity index (χ3v) is 5.07. The largest absolute Gasteiger partial charge is 0.342 e. The van der Waals surface area contributed by atoms with E-state index in [1.807, 2.05) is 37.3 Å². The second kappa shape index (κ2) is 5.57. The Morgan fingerprint density at radius 3 is 2.65 bits per heavy atom. The number of carbonyl (C=O) groups excluding carboxylic acids is 1. The highest BCUT2D eigenvalue weighted by atomic mass is 16.2. The number of benzene rings is 1. The van der Waals surface area contributed by atoms with Crippen molar-refractivity contribution in [3.05, 3.63) is 35.9 Å². The maximum Gasteiger partial charge on any atom is 0.229 e. The van der Waals surface area contributed by atoms with E-state index in [1.54, 1.807) is 0 Å². The van der Waals surface area contributed by atoms with Gasteiger partial charge in [-0.3, -0.25) is 4.79 Å². The second-order valence-electron chi connectivity index (χ2n) is 6.47. The van der Waals surface area contributed by atoms with Crippen molar-refractivity contribution < 1.29 is 4.79 Å². The Balaban J connectivity index is 1.67. The number of fused-ring (bicyclic) bond motifs is 1. The van der Waals surface area contributed by atoms with Gasteiger partial charge >= 0.3 is 0 Å². The quantitative estimate of drug-likeness (QED) is 0.898. The van der Waals surface area contributed by atoms with Crippen LogP contribution in [0.15, 0.2) is 30.3 Å². The molecule has 0 spiro atoms. The van der Waals surface area contributed by atoms with Gasteiger partial charge in [0.25, 0.3) is 0 Å². The molecule has 1 heterocycles. The van der Waals surface area contributed by atoms with Gasteiger partial charge in [-0.15, -0.1) is 0 Å². The molecule has 4 atom stereocenters. The number of carbonyl (C=O) groups is 1. The molecule has 2 fully saturated rings. The summed E-state index contributed by atoms with van der Waals surface area (Å²) in [6.45, 7) is 3.87. The maximum absolute atomic E-state index is 12.7. The van der Waals surface area contributed by atoms with E-state index in [2.05, 4.69) is 4.90 Å². The van der Waals surface area contributed by atoms with Gasteiger partial charge in [0.15, 0.2) is 0 Å². The summed E-state index contributed by atoms with van der Waals surface area (Å²) >= 11 is 0. The summed E-state index contributed by atoms with van der Waals surface area (Å²) in [5, 5.41) is 0. The van der Waals surface area contributed by atoms with Crippen LogP contribution in [0.3, 0.4) is 0 Å². The summed E-state index contributed by atoms with van der Waals surface area (Å²) in [7, 11) is 0. The first kappa shape index (κ1) is 13.6. The summed E-state index contributed by atoms with van der Waals surface area (Å²) in [6, 6.07) is 10.4. The molecule has 2 unspecified atom stereocenters. The molecule has 3 nitrogen and oxygen atoms in total. The lowest BCUT2D eigenvalue weighted by Gasteiger charge is -2.27. The lowest BCUT2D eigenvalue weighted by atomic mass is 9.79. The van der Waals surface area contributed by atoms with Crippen LogP contribution < -0.4 is 5.73 Å². The zero-order valence-electron chi connectivity index (χ0n) is 12.2. The molecule has 1 aromatic rings. The smallest absolute Gasteiger partial charge is 0.229 e. The summed E-state index contributed by atoms with van der Waals surface area (Å²) < 4.78 is 0.